The molecule has 5 heteroatoms. The molecule has 0 N–H and O–H groups in total. The first-order chi connectivity index (χ1) is 7.61. The molecule has 0 bridgehead atoms. The molecule has 0 aromatic rings. The molecule has 2 amide bonds. The molecular weight excluding hydrogens is 210 g/mol. The van der Waals surface area contributed by atoms with E-state index < -0.39 is 5.97 Å². The SMILES string of the molecule is O=C([O-])CCN1C(=O)[C@H]2CC=CC[C@H]2C1=O. The van der Waals surface area contributed by atoms with E-state index in [1.165, 1.54) is 0 Å². The number of allylic oxidation sites excluding steroid dienone is 2. The van der Waals surface area contributed by atoms with Crippen LogP contribution in [0.1, 0.15) is 19.3 Å². The minimum Gasteiger partial charge on any atom is -0.550 e. The Balaban J connectivity index is 2.08. The van der Waals surface area contributed by atoms with Gasteiger partial charge in [-0.15, -0.1) is 0 Å². The number of amides is 2. The van der Waals surface area contributed by atoms with Crippen LogP contribution >= 0.6 is 0 Å². The lowest BCUT2D eigenvalue weighted by Crippen LogP contribution is -2.35. The molecular formula is C11H12NO4-. The number of carboxylic acid groups (broad SMARTS) is 1. The van der Waals surface area contributed by atoms with Crippen LogP contribution in [-0.4, -0.2) is 29.2 Å². The minimum absolute atomic E-state index is 0.0625. The van der Waals surface area contributed by atoms with Crippen LogP contribution in [0.4, 0.5) is 0 Å². The predicted molar refractivity (Wildman–Crippen MR) is 51.7 cm³/mol. The quantitative estimate of drug-likeness (QED) is 0.457. The summed E-state index contributed by atoms with van der Waals surface area (Å²) in [7, 11) is 0. The second kappa shape index (κ2) is 4.08. The number of carbonyl (C=O) groups excluding carboxylic acids is 3. The largest absolute Gasteiger partial charge is 0.550 e. The maximum absolute atomic E-state index is 11.8. The first-order valence-corrected chi connectivity index (χ1v) is 5.31. The molecule has 86 valence electrons. The Morgan fingerprint density at radius 1 is 1.25 bits per heavy atom. The van der Waals surface area contributed by atoms with Crippen LogP contribution in [0.2, 0.25) is 0 Å². The van der Waals surface area contributed by atoms with Gasteiger partial charge in [-0.2, -0.15) is 0 Å². The van der Waals surface area contributed by atoms with Crippen molar-refractivity contribution in [3.63, 3.8) is 0 Å². The molecule has 1 saturated heterocycles. The minimum atomic E-state index is -1.24. The summed E-state index contributed by atoms with van der Waals surface area (Å²) >= 11 is 0. The Kier molecular flexibility index (Phi) is 2.77. The average Bonchev–Trinajstić information content (AvgIpc) is 2.50. The van der Waals surface area contributed by atoms with Crippen LogP contribution in [0.5, 0.6) is 0 Å². The van der Waals surface area contributed by atoms with Gasteiger partial charge in [-0.25, -0.2) is 0 Å². The summed E-state index contributed by atoms with van der Waals surface area (Å²) in [5, 5.41) is 10.3. The molecule has 0 unspecified atom stereocenters. The second-order valence-corrected chi connectivity index (χ2v) is 4.11. The zero-order chi connectivity index (χ0) is 11.7. The first-order valence-electron chi connectivity index (χ1n) is 5.31. The highest BCUT2D eigenvalue weighted by Crippen LogP contribution is 2.34. The van der Waals surface area contributed by atoms with Crippen LogP contribution in [0.25, 0.3) is 0 Å². The molecule has 16 heavy (non-hydrogen) atoms. The molecule has 1 aliphatic carbocycles. The summed E-state index contributed by atoms with van der Waals surface area (Å²) in [6.45, 7) is -0.0625. The fourth-order valence-corrected chi connectivity index (χ4v) is 2.29. The van der Waals surface area contributed by atoms with Crippen LogP contribution in [0.15, 0.2) is 12.2 Å². The van der Waals surface area contributed by atoms with Gasteiger partial charge in [0.1, 0.15) is 0 Å². The molecule has 1 aliphatic heterocycles. The lowest BCUT2D eigenvalue weighted by atomic mass is 9.85. The summed E-state index contributed by atoms with van der Waals surface area (Å²) in [5.41, 5.74) is 0. The Morgan fingerprint density at radius 3 is 2.19 bits per heavy atom. The number of carboxylic acids is 1. The molecule has 2 atom stereocenters. The van der Waals surface area contributed by atoms with Gasteiger partial charge < -0.3 is 9.90 Å². The number of carbonyl (C=O) groups is 3. The van der Waals surface area contributed by atoms with E-state index in [0.717, 1.165) is 4.90 Å². The molecule has 1 heterocycles. The van der Waals surface area contributed by atoms with Gasteiger partial charge in [0.05, 0.1) is 11.8 Å². The van der Waals surface area contributed by atoms with E-state index >= 15 is 0 Å². The number of imide groups is 1. The van der Waals surface area contributed by atoms with Crippen LogP contribution in [0.3, 0.4) is 0 Å². The number of rotatable bonds is 3. The van der Waals surface area contributed by atoms with E-state index in [4.69, 9.17) is 0 Å². The molecule has 5 nitrogen and oxygen atoms in total. The standard InChI is InChI=1S/C11H13NO4/c13-9(14)5-6-12-10(15)7-3-1-2-4-8(7)11(12)16/h1-2,7-8H,3-6H2,(H,13,14)/p-1/t7-,8+. The monoisotopic (exact) mass is 222 g/mol. The van der Waals surface area contributed by atoms with Gasteiger partial charge in [-0.05, 0) is 12.8 Å². The van der Waals surface area contributed by atoms with Crippen molar-refractivity contribution < 1.29 is 19.5 Å². The van der Waals surface area contributed by atoms with Gasteiger partial charge in [0.15, 0.2) is 0 Å². The van der Waals surface area contributed by atoms with Crippen molar-refractivity contribution in [2.24, 2.45) is 11.8 Å². The van der Waals surface area contributed by atoms with Crippen molar-refractivity contribution in [3.8, 4) is 0 Å². The maximum Gasteiger partial charge on any atom is 0.233 e. The average molecular weight is 222 g/mol. The fourth-order valence-electron chi connectivity index (χ4n) is 2.29. The van der Waals surface area contributed by atoms with E-state index in [9.17, 15) is 19.5 Å². The number of nitrogens with zero attached hydrogens (tertiary/aromatic N) is 1. The van der Waals surface area contributed by atoms with E-state index in [0.29, 0.717) is 12.8 Å². The smallest absolute Gasteiger partial charge is 0.233 e. The third-order valence-corrected chi connectivity index (χ3v) is 3.14. The van der Waals surface area contributed by atoms with E-state index in [1.54, 1.807) is 0 Å². The Labute approximate surface area is 92.7 Å². The summed E-state index contributed by atoms with van der Waals surface area (Å²) in [4.78, 5) is 35.0. The lowest BCUT2D eigenvalue weighted by Gasteiger charge is -2.14. The molecule has 1 fully saturated rings. The van der Waals surface area contributed by atoms with Crippen LogP contribution < -0.4 is 5.11 Å². The van der Waals surface area contributed by atoms with Crippen LogP contribution in [0, 0.1) is 11.8 Å². The van der Waals surface area contributed by atoms with Gasteiger partial charge in [0.2, 0.25) is 11.8 Å². The molecule has 0 aromatic carbocycles. The second-order valence-electron chi connectivity index (χ2n) is 4.11. The number of aliphatic carboxylic acids is 1. The Hall–Kier alpha value is -1.65. The van der Waals surface area contributed by atoms with E-state index in [1.807, 2.05) is 12.2 Å². The molecule has 0 radical (unpaired) electrons. The summed E-state index contributed by atoms with van der Waals surface area (Å²) in [6, 6.07) is 0. The van der Waals surface area contributed by atoms with Gasteiger partial charge in [0, 0.05) is 18.9 Å². The number of likely N-dealkylation sites (tertiary alicyclic amines) is 1. The normalized spacial score (nSPS) is 28.4. The number of hydrogen-bond acceptors (Lipinski definition) is 4. The van der Waals surface area contributed by atoms with Gasteiger partial charge in [-0.3, -0.25) is 14.5 Å². The van der Waals surface area contributed by atoms with E-state index in [-0.39, 0.29) is 36.6 Å². The first kappa shape index (κ1) is 10.9. The van der Waals surface area contributed by atoms with Gasteiger partial charge in [0.25, 0.3) is 0 Å². The van der Waals surface area contributed by atoms with Gasteiger partial charge in [-0.1, -0.05) is 12.2 Å². The summed E-state index contributed by atoms with van der Waals surface area (Å²) in [6.07, 6.45) is 4.67. The highest BCUT2D eigenvalue weighted by atomic mass is 16.4. The third kappa shape index (κ3) is 1.73. The maximum atomic E-state index is 11.8. The molecule has 0 saturated carbocycles. The molecule has 0 aromatic heterocycles. The predicted octanol–water partition coefficient (Wildman–Crippen LogP) is -0.922. The van der Waals surface area contributed by atoms with Crippen molar-refractivity contribution in [1.29, 1.82) is 0 Å². The fraction of sp³-hybridized carbons (Fsp3) is 0.545. The molecule has 2 aliphatic rings. The molecule has 0 spiro atoms. The molecule has 2 rings (SSSR count). The summed E-state index contributed by atoms with van der Waals surface area (Å²) in [5.74, 6) is -2.27. The highest BCUT2D eigenvalue weighted by molar-refractivity contribution is 6.05. The van der Waals surface area contributed by atoms with Crippen molar-refractivity contribution in [3.05, 3.63) is 12.2 Å². The Morgan fingerprint density at radius 2 is 1.75 bits per heavy atom. The number of hydrogen-bond donors (Lipinski definition) is 0. The topological polar surface area (TPSA) is 77.5 Å². The lowest BCUT2D eigenvalue weighted by molar-refractivity contribution is -0.305. The number of fused-ring (bicyclic) bond motifs is 1. The van der Waals surface area contributed by atoms with Gasteiger partial charge >= 0.3 is 0 Å². The van der Waals surface area contributed by atoms with Crippen molar-refractivity contribution in [1.82, 2.24) is 4.90 Å². The third-order valence-electron chi connectivity index (χ3n) is 3.14. The van der Waals surface area contributed by atoms with E-state index in [2.05, 4.69) is 0 Å². The zero-order valence-corrected chi connectivity index (χ0v) is 8.72. The van der Waals surface area contributed by atoms with Crippen LogP contribution in [-0.2, 0) is 14.4 Å². The Bertz CT molecular complexity index is 348. The van der Waals surface area contributed by atoms with Crippen molar-refractivity contribution >= 4 is 17.8 Å². The van der Waals surface area contributed by atoms with Crippen molar-refractivity contribution in [2.45, 2.75) is 19.3 Å². The zero-order valence-electron chi connectivity index (χ0n) is 8.72. The van der Waals surface area contributed by atoms with Crippen molar-refractivity contribution in [2.75, 3.05) is 6.54 Å². The highest BCUT2D eigenvalue weighted by Gasteiger charge is 2.46. The summed E-state index contributed by atoms with van der Waals surface area (Å²) < 4.78 is 0.